The number of hydrogen-bond donors (Lipinski definition) is 1. The second kappa shape index (κ2) is 8.33. The summed E-state index contributed by atoms with van der Waals surface area (Å²) in [4.78, 5) is 23.6. The Labute approximate surface area is 148 Å². The number of anilines is 1. The Balaban J connectivity index is 2.04. The Morgan fingerprint density at radius 1 is 1.08 bits per heavy atom. The molecule has 0 saturated heterocycles. The highest BCUT2D eigenvalue weighted by molar-refractivity contribution is 5.95. The fraction of sp³-hybridized carbons (Fsp3) is 0.300. The Morgan fingerprint density at radius 2 is 1.80 bits per heavy atom. The summed E-state index contributed by atoms with van der Waals surface area (Å²) in [6.07, 6.45) is 0. The van der Waals surface area contributed by atoms with Gasteiger partial charge in [-0.2, -0.15) is 0 Å². The lowest BCUT2D eigenvalue weighted by Crippen LogP contribution is -2.21. The molecule has 0 atom stereocenters. The molecule has 0 saturated carbocycles. The number of ether oxygens (including phenoxy) is 2. The van der Waals surface area contributed by atoms with Gasteiger partial charge in [0.05, 0.1) is 7.11 Å². The number of carbonyl (C=O) groups is 2. The second-order valence-electron chi connectivity index (χ2n) is 6.00. The number of ketones is 1. The summed E-state index contributed by atoms with van der Waals surface area (Å²) in [5, 5.41) is 2.87. The van der Waals surface area contributed by atoms with E-state index in [-0.39, 0.29) is 18.3 Å². The molecule has 0 radical (unpaired) electrons. The second-order valence-corrected chi connectivity index (χ2v) is 6.00. The van der Waals surface area contributed by atoms with Gasteiger partial charge in [0.25, 0.3) is 5.91 Å². The van der Waals surface area contributed by atoms with Crippen molar-refractivity contribution >= 4 is 17.4 Å². The number of nitrogens with one attached hydrogen (secondary N) is 1. The van der Waals surface area contributed by atoms with E-state index in [1.54, 1.807) is 18.2 Å². The van der Waals surface area contributed by atoms with Crippen molar-refractivity contribution in [3.8, 4) is 11.5 Å². The normalized spacial score (nSPS) is 10.4. The predicted octanol–water partition coefficient (Wildman–Crippen LogP) is 4.04. The predicted molar refractivity (Wildman–Crippen MR) is 97.7 cm³/mol. The maximum Gasteiger partial charge on any atom is 0.262 e. The van der Waals surface area contributed by atoms with Crippen LogP contribution in [0.4, 0.5) is 5.69 Å². The standard InChI is InChI=1S/C20H23NO4/c1-13(2)16-7-5-6-8-17(16)21-20(23)12-25-18-10-9-15(14(3)22)11-19(18)24-4/h5-11,13H,12H2,1-4H3,(H,21,23). The average molecular weight is 341 g/mol. The number of rotatable bonds is 7. The zero-order valence-electron chi connectivity index (χ0n) is 15.0. The van der Waals surface area contributed by atoms with E-state index in [2.05, 4.69) is 19.2 Å². The molecular formula is C20H23NO4. The summed E-state index contributed by atoms with van der Waals surface area (Å²) in [6, 6.07) is 12.6. The Morgan fingerprint density at radius 3 is 2.44 bits per heavy atom. The maximum atomic E-state index is 12.2. The zero-order chi connectivity index (χ0) is 18.4. The molecule has 0 spiro atoms. The molecule has 0 aliphatic rings. The summed E-state index contributed by atoms with van der Waals surface area (Å²) in [6.45, 7) is 5.48. The van der Waals surface area contributed by atoms with E-state index in [1.165, 1.54) is 14.0 Å². The van der Waals surface area contributed by atoms with Gasteiger partial charge in [-0.1, -0.05) is 32.0 Å². The van der Waals surface area contributed by atoms with Gasteiger partial charge in [0, 0.05) is 11.3 Å². The smallest absolute Gasteiger partial charge is 0.262 e. The minimum atomic E-state index is -0.259. The average Bonchev–Trinajstić information content (AvgIpc) is 2.59. The molecule has 0 heterocycles. The van der Waals surface area contributed by atoms with Gasteiger partial charge in [-0.15, -0.1) is 0 Å². The van der Waals surface area contributed by atoms with Crippen LogP contribution in [0.2, 0.25) is 0 Å². The van der Waals surface area contributed by atoms with Crippen LogP contribution >= 0.6 is 0 Å². The van der Waals surface area contributed by atoms with Crippen molar-refractivity contribution in [3.63, 3.8) is 0 Å². The highest BCUT2D eigenvalue weighted by atomic mass is 16.5. The molecule has 2 aromatic carbocycles. The van der Waals surface area contributed by atoms with Crippen molar-refractivity contribution in [2.75, 3.05) is 19.0 Å². The number of Topliss-reactive ketones (excluding diaryl/α,β-unsaturated/α-hetero) is 1. The van der Waals surface area contributed by atoms with E-state index in [0.717, 1.165) is 11.3 Å². The first-order valence-electron chi connectivity index (χ1n) is 8.13. The molecule has 0 aromatic heterocycles. The van der Waals surface area contributed by atoms with Crippen LogP contribution in [-0.4, -0.2) is 25.4 Å². The van der Waals surface area contributed by atoms with Gasteiger partial charge in [0.2, 0.25) is 0 Å². The number of hydrogen-bond acceptors (Lipinski definition) is 4. The van der Waals surface area contributed by atoms with Gasteiger partial charge in [-0.25, -0.2) is 0 Å². The lowest BCUT2D eigenvalue weighted by molar-refractivity contribution is -0.118. The molecule has 0 fully saturated rings. The van der Waals surface area contributed by atoms with Crippen LogP contribution < -0.4 is 14.8 Å². The van der Waals surface area contributed by atoms with Crippen molar-refractivity contribution in [3.05, 3.63) is 53.6 Å². The van der Waals surface area contributed by atoms with Crippen LogP contribution in [-0.2, 0) is 4.79 Å². The number of benzene rings is 2. The molecular weight excluding hydrogens is 318 g/mol. The Kier molecular flexibility index (Phi) is 6.17. The fourth-order valence-corrected chi connectivity index (χ4v) is 2.45. The molecule has 1 amide bonds. The van der Waals surface area contributed by atoms with Gasteiger partial charge < -0.3 is 14.8 Å². The largest absolute Gasteiger partial charge is 0.493 e. The first-order chi connectivity index (χ1) is 11.9. The van der Waals surface area contributed by atoms with Gasteiger partial charge in [-0.3, -0.25) is 9.59 Å². The van der Waals surface area contributed by atoms with Crippen LogP contribution in [0.15, 0.2) is 42.5 Å². The van der Waals surface area contributed by atoms with E-state index >= 15 is 0 Å². The first-order valence-corrected chi connectivity index (χ1v) is 8.13. The monoisotopic (exact) mass is 341 g/mol. The van der Waals surface area contributed by atoms with Crippen molar-refractivity contribution in [1.29, 1.82) is 0 Å². The van der Waals surface area contributed by atoms with Crippen LogP contribution in [0.25, 0.3) is 0 Å². The van der Waals surface area contributed by atoms with Crippen LogP contribution in [0.1, 0.15) is 42.6 Å². The molecule has 2 rings (SSSR count). The molecule has 1 N–H and O–H groups in total. The quantitative estimate of drug-likeness (QED) is 0.772. The highest BCUT2D eigenvalue weighted by Crippen LogP contribution is 2.28. The summed E-state index contributed by atoms with van der Waals surface area (Å²) >= 11 is 0. The third kappa shape index (κ3) is 4.83. The van der Waals surface area contributed by atoms with Gasteiger partial charge in [0.15, 0.2) is 23.9 Å². The maximum absolute atomic E-state index is 12.2. The molecule has 2 aromatic rings. The van der Waals surface area contributed by atoms with E-state index in [0.29, 0.717) is 23.0 Å². The molecule has 5 nitrogen and oxygen atoms in total. The third-order valence-corrected chi connectivity index (χ3v) is 3.79. The van der Waals surface area contributed by atoms with Crippen molar-refractivity contribution < 1.29 is 19.1 Å². The number of methoxy groups -OCH3 is 1. The lowest BCUT2D eigenvalue weighted by Gasteiger charge is -2.15. The van der Waals surface area contributed by atoms with Crippen LogP contribution in [0, 0.1) is 0 Å². The summed E-state index contributed by atoms with van der Waals surface area (Å²) < 4.78 is 10.8. The van der Waals surface area contributed by atoms with E-state index in [4.69, 9.17) is 9.47 Å². The molecule has 0 unspecified atom stereocenters. The van der Waals surface area contributed by atoms with Crippen LogP contribution in [0.3, 0.4) is 0 Å². The SMILES string of the molecule is COc1cc(C(C)=O)ccc1OCC(=O)Nc1ccccc1C(C)C. The van der Waals surface area contributed by atoms with E-state index in [9.17, 15) is 9.59 Å². The Hall–Kier alpha value is -2.82. The van der Waals surface area contributed by atoms with Gasteiger partial charge in [-0.05, 0) is 42.7 Å². The Bertz CT molecular complexity index is 768. The van der Waals surface area contributed by atoms with Gasteiger partial charge in [0.1, 0.15) is 0 Å². The van der Waals surface area contributed by atoms with Crippen LogP contribution in [0.5, 0.6) is 11.5 Å². The minimum absolute atomic E-state index is 0.0621. The highest BCUT2D eigenvalue weighted by Gasteiger charge is 2.12. The summed E-state index contributed by atoms with van der Waals surface area (Å²) in [5.74, 6) is 0.818. The molecule has 0 aliphatic heterocycles. The number of amides is 1. The van der Waals surface area contributed by atoms with Crippen molar-refractivity contribution in [2.45, 2.75) is 26.7 Å². The van der Waals surface area contributed by atoms with Crippen molar-refractivity contribution in [1.82, 2.24) is 0 Å². The molecule has 0 aliphatic carbocycles. The topological polar surface area (TPSA) is 64.6 Å². The lowest BCUT2D eigenvalue weighted by atomic mass is 10.0. The number of carbonyl (C=O) groups excluding carboxylic acids is 2. The van der Waals surface area contributed by atoms with Gasteiger partial charge >= 0.3 is 0 Å². The molecule has 0 bridgehead atoms. The van der Waals surface area contributed by atoms with Crippen molar-refractivity contribution in [2.24, 2.45) is 0 Å². The molecule has 5 heteroatoms. The van der Waals surface area contributed by atoms with E-state index in [1.807, 2.05) is 24.3 Å². The summed E-state index contributed by atoms with van der Waals surface area (Å²) in [7, 11) is 1.49. The first kappa shape index (κ1) is 18.5. The third-order valence-electron chi connectivity index (χ3n) is 3.79. The van der Waals surface area contributed by atoms with E-state index < -0.39 is 0 Å². The summed E-state index contributed by atoms with van der Waals surface area (Å²) in [5.41, 5.74) is 2.38. The zero-order valence-corrected chi connectivity index (χ0v) is 15.0. The number of para-hydroxylation sites is 1. The molecule has 132 valence electrons. The molecule has 25 heavy (non-hydrogen) atoms. The minimum Gasteiger partial charge on any atom is -0.493 e. The fourth-order valence-electron chi connectivity index (χ4n) is 2.45.